The summed E-state index contributed by atoms with van der Waals surface area (Å²) < 4.78 is 11.9. The molecule has 2 heteroatoms. The highest BCUT2D eigenvalue weighted by Crippen LogP contribution is 2.45. The van der Waals surface area contributed by atoms with Crippen molar-refractivity contribution in [3.63, 3.8) is 0 Å². The van der Waals surface area contributed by atoms with Gasteiger partial charge in [-0.15, -0.1) is 0 Å². The van der Waals surface area contributed by atoms with E-state index in [9.17, 15) is 0 Å². The predicted molar refractivity (Wildman–Crippen MR) is 51.5 cm³/mol. The molecular formula is C11H20O2. The van der Waals surface area contributed by atoms with Crippen LogP contribution in [-0.2, 0) is 9.47 Å². The van der Waals surface area contributed by atoms with Gasteiger partial charge in [-0.1, -0.05) is 13.3 Å². The normalized spacial score (nSPS) is 43.2. The van der Waals surface area contributed by atoms with Gasteiger partial charge in [0, 0.05) is 12.8 Å². The summed E-state index contributed by atoms with van der Waals surface area (Å²) in [5.74, 6) is 0.622. The average Bonchev–Trinajstić information content (AvgIpc) is 2.59. The van der Waals surface area contributed by atoms with Crippen molar-refractivity contribution in [2.75, 3.05) is 0 Å². The van der Waals surface area contributed by atoms with Crippen LogP contribution in [0.1, 0.15) is 46.5 Å². The van der Waals surface area contributed by atoms with E-state index >= 15 is 0 Å². The molecule has 1 aliphatic heterocycles. The molecule has 0 N–H and O–H groups in total. The molecular weight excluding hydrogens is 164 g/mol. The van der Waals surface area contributed by atoms with Crippen LogP contribution in [0.5, 0.6) is 0 Å². The molecule has 0 bridgehead atoms. The molecule has 3 atom stereocenters. The van der Waals surface area contributed by atoms with Gasteiger partial charge in [0.15, 0.2) is 5.79 Å². The lowest BCUT2D eigenvalue weighted by Gasteiger charge is -2.22. The summed E-state index contributed by atoms with van der Waals surface area (Å²) in [7, 11) is 0. The predicted octanol–water partition coefficient (Wildman–Crippen LogP) is 2.72. The second-order valence-electron chi connectivity index (χ2n) is 4.57. The lowest BCUT2D eigenvalue weighted by atomic mass is 10.1. The molecule has 0 aromatic carbocycles. The van der Waals surface area contributed by atoms with E-state index in [-0.39, 0.29) is 18.0 Å². The summed E-state index contributed by atoms with van der Waals surface area (Å²) in [6.07, 6.45) is 5.29. The van der Waals surface area contributed by atoms with Crippen LogP contribution >= 0.6 is 0 Å². The molecule has 2 nitrogen and oxygen atoms in total. The molecule has 13 heavy (non-hydrogen) atoms. The number of hydrogen-bond donors (Lipinski definition) is 0. The summed E-state index contributed by atoms with van der Waals surface area (Å²) in [6.45, 7) is 6.48. The van der Waals surface area contributed by atoms with Crippen LogP contribution in [0.2, 0.25) is 0 Å². The molecule has 2 aliphatic rings. The molecule has 1 heterocycles. The monoisotopic (exact) mass is 184 g/mol. The summed E-state index contributed by atoms with van der Waals surface area (Å²) in [5, 5.41) is 0. The first kappa shape index (κ1) is 9.47. The van der Waals surface area contributed by atoms with Gasteiger partial charge >= 0.3 is 0 Å². The van der Waals surface area contributed by atoms with Gasteiger partial charge in [-0.3, -0.25) is 0 Å². The molecule has 2 rings (SSSR count). The van der Waals surface area contributed by atoms with E-state index in [2.05, 4.69) is 20.8 Å². The second kappa shape index (κ2) is 3.25. The average molecular weight is 184 g/mol. The number of rotatable bonds is 1. The molecule has 0 aromatic heterocycles. The summed E-state index contributed by atoms with van der Waals surface area (Å²) >= 11 is 0. The lowest BCUT2D eigenvalue weighted by molar-refractivity contribution is -0.169. The van der Waals surface area contributed by atoms with Crippen LogP contribution < -0.4 is 0 Å². The van der Waals surface area contributed by atoms with Gasteiger partial charge in [0.25, 0.3) is 0 Å². The third kappa shape index (κ3) is 1.62. The summed E-state index contributed by atoms with van der Waals surface area (Å²) in [4.78, 5) is 0. The lowest BCUT2D eigenvalue weighted by Crippen LogP contribution is -2.27. The van der Waals surface area contributed by atoms with E-state index in [0.717, 1.165) is 18.8 Å². The summed E-state index contributed by atoms with van der Waals surface area (Å²) in [5.41, 5.74) is 0. The third-order valence-electron chi connectivity index (χ3n) is 3.57. The molecule has 2 fully saturated rings. The fourth-order valence-electron chi connectivity index (χ4n) is 2.53. The largest absolute Gasteiger partial charge is 0.344 e. The van der Waals surface area contributed by atoms with Gasteiger partial charge in [-0.05, 0) is 26.2 Å². The Morgan fingerprint density at radius 3 is 2.31 bits per heavy atom. The minimum Gasteiger partial charge on any atom is -0.344 e. The smallest absolute Gasteiger partial charge is 0.169 e. The molecule has 0 unspecified atom stereocenters. The Morgan fingerprint density at radius 1 is 1.23 bits per heavy atom. The van der Waals surface area contributed by atoms with Gasteiger partial charge in [-0.25, -0.2) is 0 Å². The minimum absolute atomic E-state index is 0.195. The minimum atomic E-state index is -0.195. The van der Waals surface area contributed by atoms with Gasteiger partial charge < -0.3 is 9.47 Å². The van der Waals surface area contributed by atoms with Gasteiger partial charge in [0.05, 0.1) is 12.2 Å². The molecule has 1 aliphatic carbocycles. The fraction of sp³-hybridized carbons (Fsp3) is 1.00. The zero-order valence-electron chi connectivity index (χ0n) is 8.88. The first-order valence-electron chi connectivity index (χ1n) is 5.51. The maximum Gasteiger partial charge on any atom is 0.169 e. The van der Waals surface area contributed by atoms with Crippen LogP contribution in [0.4, 0.5) is 0 Å². The van der Waals surface area contributed by atoms with Gasteiger partial charge in [-0.2, -0.15) is 0 Å². The van der Waals surface area contributed by atoms with Crippen LogP contribution in [0.3, 0.4) is 0 Å². The van der Waals surface area contributed by atoms with Gasteiger partial charge in [0.1, 0.15) is 0 Å². The Kier molecular flexibility index (Phi) is 2.37. The van der Waals surface area contributed by atoms with Crippen LogP contribution in [0, 0.1) is 5.92 Å². The van der Waals surface area contributed by atoms with Crippen molar-refractivity contribution in [3.05, 3.63) is 0 Å². The number of hydrogen-bond acceptors (Lipinski definition) is 2. The Hall–Kier alpha value is -0.0800. The van der Waals surface area contributed by atoms with E-state index in [1.54, 1.807) is 0 Å². The molecule has 0 aromatic rings. The third-order valence-corrected chi connectivity index (χ3v) is 3.57. The van der Waals surface area contributed by atoms with Crippen molar-refractivity contribution < 1.29 is 9.47 Å². The first-order valence-corrected chi connectivity index (χ1v) is 5.51. The Morgan fingerprint density at radius 2 is 1.85 bits per heavy atom. The maximum atomic E-state index is 5.93. The molecule has 1 saturated carbocycles. The first-order chi connectivity index (χ1) is 6.15. The van der Waals surface area contributed by atoms with Gasteiger partial charge in [0.2, 0.25) is 0 Å². The van der Waals surface area contributed by atoms with Crippen LogP contribution in [0.15, 0.2) is 0 Å². The van der Waals surface area contributed by atoms with Crippen LogP contribution in [0.25, 0.3) is 0 Å². The highest BCUT2D eigenvalue weighted by molar-refractivity contribution is 4.89. The number of ether oxygens (including phenoxy) is 2. The van der Waals surface area contributed by atoms with Crippen molar-refractivity contribution >= 4 is 0 Å². The summed E-state index contributed by atoms with van der Waals surface area (Å²) in [6, 6.07) is 0. The van der Waals surface area contributed by atoms with Crippen molar-refractivity contribution in [1.82, 2.24) is 0 Å². The van der Waals surface area contributed by atoms with E-state index in [1.165, 1.54) is 12.8 Å². The molecule has 0 amide bonds. The zero-order chi connectivity index (χ0) is 9.47. The van der Waals surface area contributed by atoms with Crippen molar-refractivity contribution in [3.8, 4) is 0 Å². The van der Waals surface area contributed by atoms with Crippen molar-refractivity contribution in [2.24, 2.45) is 5.92 Å². The molecule has 1 saturated heterocycles. The van der Waals surface area contributed by atoms with Crippen LogP contribution in [-0.4, -0.2) is 18.0 Å². The van der Waals surface area contributed by atoms with E-state index in [0.29, 0.717) is 0 Å². The highest BCUT2D eigenvalue weighted by atomic mass is 16.8. The Bertz CT molecular complexity index is 181. The van der Waals surface area contributed by atoms with E-state index in [4.69, 9.17) is 9.47 Å². The molecule has 1 spiro atoms. The molecule has 76 valence electrons. The second-order valence-corrected chi connectivity index (χ2v) is 4.57. The SMILES string of the molecule is CC[C@@H]1CCC2(C1)O[C@H](C)[C@@H](C)O2. The highest BCUT2D eigenvalue weighted by Gasteiger charge is 2.48. The van der Waals surface area contributed by atoms with E-state index < -0.39 is 0 Å². The Balaban J connectivity index is 2.00. The molecule has 0 radical (unpaired) electrons. The van der Waals surface area contributed by atoms with Crippen molar-refractivity contribution in [1.29, 1.82) is 0 Å². The van der Waals surface area contributed by atoms with Crippen molar-refractivity contribution in [2.45, 2.75) is 64.4 Å². The quantitative estimate of drug-likeness (QED) is 0.624. The topological polar surface area (TPSA) is 18.5 Å². The fourth-order valence-corrected chi connectivity index (χ4v) is 2.53. The van der Waals surface area contributed by atoms with E-state index in [1.807, 2.05) is 0 Å². The Labute approximate surface area is 80.6 Å². The standard InChI is InChI=1S/C11H20O2/c1-4-10-5-6-11(7-10)12-8(2)9(3)13-11/h8-10H,4-7H2,1-3H3/t8-,9-,10-/m1/s1. The zero-order valence-corrected chi connectivity index (χ0v) is 8.88. The maximum absolute atomic E-state index is 5.93.